The minimum atomic E-state index is -1.80. The summed E-state index contributed by atoms with van der Waals surface area (Å²) < 4.78 is 0. The van der Waals surface area contributed by atoms with Crippen LogP contribution >= 0.6 is 0 Å². The van der Waals surface area contributed by atoms with E-state index in [1.807, 2.05) is 0 Å². The van der Waals surface area contributed by atoms with Gasteiger partial charge in [-0.05, 0) is 39.5 Å². The van der Waals surface area contributed by atoms with Crippen LogP contribution < -0.4 is 38.1 Å². The summed E-state index contributed by atoms with van der Waals surface area (Å²) >= 11 is 0. The predicted octanol–water partition coefficient (Wildman–Crippen LogP) is -5.55. The van der Waals surface area contributed by atoms with Gasteiger partial charge in [0.2, 0.25) is 41.4 Å². The van der Waals surface area contributed by atoms with Crippen LogP contribution in [0, 0.1) is 0 Å². The lowest BCUT2D eigenvalue weighted by Crippen LogP contribution is -2.59. The van der Waals surface area contributed by atoms with Crippen LogP contribution in [0.15, 0.2) is 0 Å². The van der Waals surface area contributed by atoms with Crippen LogP contribution in [0.5, 0.6) is 0 Å². The lowest BCUT2D eigenvalue weighted by atomic mass is 10.1. The second-order valence-corrected chi connectivity index (χ2v) is 11.5. The van der Waals surface area contributed by atoms with E-state index in [1.54, 1.807) is 0 Å². The number of carboxylic acids is 3. The van der Waals surface area contributed by atoms with E-state index >= 15 is 0 Å². The molecule has 13 N–H and O–H groups in total. The van der Waals surface area contributed by atoms with Gasteiger partial charge in [0.15, 0.2) is 0 Å². The summed E-state index contributed by atoms with van der Waals surface area (Å²) in [6, 6.07) is -10.2. The maximum atomic E-state index is 13.2. The van der Waals surface area contributed by atoms with Crippen molar-refractivity contribution in [2.45, 2.75) is 101 Å². The normalized spacial score (nSPS) is 17.4. The molecule has 7 amide bonds. The number of carboxylic acid groups (broad SMARTS) is 3. The van der Waals surface area contributed by atoms with Crippen LogP contribution in [0.3, 0.4) is 0 Å². The third-order valence-corrected chi connectivity index (χ3v) is 7.45. The molecule has 50 heavy (non-hydrogen) atoms. The molecule has 1 fully saturated rings. The van der Waals surface area contributed by atoms with E-state index in [-0.39, 0.29) is 25.8 Å². The minimum absolute atomic E-state index is 0.0601. The van der Waals surface area contributed by atoms with E-state index in [0.717, 1.165) is 11.8 Å². The average molecular weight is 717 g/mol. The van der Waals surface area contributed by atoms with Crippen molar-refractivity contribution in [3.8, 4) is 0 Å². The second kappa shape index (κ2) is 20.2. The number of hydrogen-bond donors (Lipinski definition) is 11. The maximum absolute atomic E-state index is 13.2. The van der Waals surface area contributed by atoms with Gasteiger partial charge in [-0.15, -0.1) is 0 Å². The molecule has 7 atom stereocenters. The smallest absolute Gasteiger partial charge is 0.325 e. The Kier molecular flexibility index (Phi) is 17.2. The SMILES string of the molecule is C[C@H](NC(=O)[C@@H]1CCCN1C(=O)[C@H](CO)NC(=O)[C@H](C)NC(=O)[C@H](CCC(=O)O)NC(=O)[C@H](CC(=O)O)NC(=O)[C@@H](N)CCC(N)=O)C(=O)O. The molecule has 0 aromatic heterocycles. The Balaban J connectivity index is 3.01. The standard InChI is InChI=1S/C28H44N8O14/c1-12(22(43)35-17(11-37)27(48)36-9-3-4-18(36)26(47)32-13(2)28(49)50)31-24(45)15(6-8-20(39)40)33-25(46)16(10-21(41)42)34-23(44)14(29)5-7-19(30)38/h12-18,37H,3-11,29H2,1-2H3,(H2,30,38)(H,31,45)(H,32,47)(H,33,46)(H,34,44)(H,35,43)(H,39,40)(H,41,42)(H,49,50)/t12-,13-,14-,15-,16-,17-,18-/m0/s1. The molecule has 0 aromatic rings. The molecular formula is C28H44N8O14. The number of aliphatic hydroxyl groups excluding tert-OH is 1. The van der Waals surface area contributed by atoms with Crippen molar-refractivity contribution in [3.63, 3.8) is 0 Å². The number of rotatable bonds is 21. The molecule has 0 spiro atoms. The number of primary amides is 1. The molecule has 1 aliphatic heterocycles. The Morgan fingerprint density at radius 1 is 0.720 bits per heavy atom. The number of nitrogens with one attached hydrogen (secondary N) is 5. The number of hydrogen-bond acceptors (Lipinski definition) is 12. The fourth-order valence-electron chi connectivity index (χ4n) is 4.64. The van der Waals surface area contributed by atoms with E-state index < -0.39 is 127 Å². The lowest BCUT2D eigenvalue weighted by molar-refractivity contribution is -0.145. The number of carbonyl (C=O) groups excluding carboxylic acids is 7. The highest BCUT2D eigenvalue weighted by Crippen LogP contribution is 2.19. The summed E-state index contributed by atoms with van der Waals surface area (Å²) in [7, 11) is 0. The fraction of sp³-hybridized carbons (Fsp3) is 0.643. The molecule has 1 aliphatic rings. The zero-order valence-corrected chi connectivity index (χ0v) is 27.4. The predicted molar refractivity (Wildman–Crippen MR) is 166 cm³/mol. The van der Waals surface area contributed by atoms with Crippen molar-refractivity contribution < 1.29 is 68.4 Å². The quantitative estimate of drug-likeness (QED) is 0.0528. The number of likely N-dealkylation sites (tertiary alicyclic amines) is 1. The van der Waals surface area contributed by atoms with E-state index in [4.69, 9.17) is 21.7 Å². The van der Waals surface area contributed by atoms with Crippen molar-refractivity contribution in [2.24, 2.45) is 11.5 Å². The maximum Gasteiger partial charge on any atom is 0.325 e. The van der Waals surface area contributed by atoms with E-state index in [0.29, 0.717) is 6.42 Å². The van der Waals surface area contributed by atoms with Gasteiger partial charge in [-0.25, -0.2) is 0 Å². The van der Waals surface area contributed by atoms with Gasteiger partial charge in [0.1, 0.15) is 36.3 Å². The Hall–Kier alpha value is -5.38. The highest BCUT2D eigenvalue weighted by Gasteiger charge is 2.39. The summed E-state index contributed by atoms with van der Waals surface area (Å²) in [5.74, 6) is -11.0. The van der Waals surface area contributed by atoms with Gasteiger partial charge in [-0.3, -0.25) is 47.9 Å². The first-order chi connectivity index (χ1) is 23.3. The molecule has 0 saturated carbocycles. The molecule has 1 rings (SSSR count). The van der Waals surface area contributed by atoms with Gasteiger partial charge in [0.05, 0.1) is 19.1 Å². The van der Waals surface area contributed by atoms with Gasteiger partial charge in [-0.2, -0.15) is 0 Å². The van der Waals surface area contributed by atoms with Crippen molar-refractivity contribution in [3.05, 3.63) is 0 Å². The van der Waals surface area contributed by atoms with Crippen LogP contribution in [0.1, 0.15) is 58.8 Å². The zero-order valence-electron chi connectivity index (χ0n) is 27.4. The lowest BCUT2D eigenvalue weighted by Gasteiger charge is -2.29. The number of nitrogens with two attached hydrogens (primary N) is 2. The Morgan fingerprint density at radius 3 is 1.84 bits per heavy atom. The molecular weight excluding hydrogens is 672 g/mol. The zero-order chi connectivity index (χ0) is 38.3. The van der Waals surface area contributed by atoms with E-state index in [1.165, 1.54) is 6.92 Å². The molecule has 280 valence electrons. The largest absolute Gasteiger partial charge is 0.481 e. The van der Waals surface area contributed by atoms with Crippen molar-refractivity contribution in [1.29, 1.82) is 0 Å². The molecule has 0 aliphatic carbocycles. The van der Waals surface area contributed by atoms with Gasteiger partial charge in [-0.1, -0.05) is 0 Å². The van der Waals surface area contributed by atoms with Crippen molar-refractivity contribution in [2.75, 3.05) is 13.2 Å². The van der Waals surface area contributed by atoms with Crippen LogP contribution in [0.25, 0.3) is 0 Å². The molecule has 1 heterocycles. The molecule has 22 heteroatoms. The summed E-state index contributed by atoms with van der Waals surface area (Å²) in [4.78, 5) is 123. The number of nitrogens with zero attached hydrogens (tertiary/aromatic N) is 1. The van der Waals surface area contributed by atoms with E-state index in [2.05, 4.69) is 26.6 Å². The molecule has 0 radical (unpaired) electrons. The van der Waals surface area contributed by atoms with Crippen LogP contribution in [-0.4, -0.2) is 140 Å². The Bertz CT molecular complexity index is 1330. The molecule has 0 bridgehead atoms. The summed E-state index contributed by atoms with van der Waals surface area (Å²) in [6.45, 7) is 1.51. The van der Waals surface area contributed by atoms with E-state index in [9.17, 15) is 58.2 Å². The van der Waals surface area contributed by atoms with Crippen LogP contribution in [0.4, 0.5) is 0 Å². The first-order valence-corrected chi connectivity index (χ1v) is 15.4. The molecule has 0 unspecified atom stereocenters. The molecule has 22 nitrogen and oxygen atoms in total. The summed E-state index contributed by atoms with van der Waals surface area (Å²) in [5, 5.41) is 48.2. The Morgan fingerprint density at radius 2 is 1.30 bits per heavy atom. The molecule has 0 aromatic carbocycles. The minimum Gasteiger partial charge on any atom is -0.481 e. The number of carbonyl (C=O) groups is 10. The van der Waals surface area contributed by atoms with Gasteiger partial charge in [0, 0.05) is 19.4 Å². The highest BCUT2D eigenvalue weighted by molar-refractivity contribution is 5.98. The second-order valence-electron chi connectivity index (χ2n) is 11.5. The topological polar surface area (TPSA) is 367 Å². The number of aliphatic carboxylic acids is 3. The summed E-state index contributed by atoms with van der Waals surface area (Å²) in [6.07, 6.45) is -2.18. The fourth-order valence-corrected chi connectivity index (χ4v) is 4.64. The highest BCUT2D eigenvalue weighted by atomic mass is 16.4. The van der Waals surface area contributed by atoms with Gasteiger partial charge < -0.3 is 63.4 Å². The van der Waals surface area contributed by atoms with Crippen LogP contribution in [0.2, 0.25) is 0 Å². The first-order valence-electron chi connectivity index (χ1n) is 15.4. The number of amides is 7. The third-order valence-electron chi connectivity index (χ3n) is 7.45. The van der Waals surface area contributed by atoms with Crippen molar-refractivity contribution in [1.82, 2.24) is 31.5 Å². The molecule has 1 saturated heterocycles. The third kappa shape index (κ3) is 14.0. The average Bonchev–Trinajstić information content (AvgIpc) is 3.53. The first kappa shape index (κ1) is 42.6. The Labute approximate surface area is 285 Å². The van der Waals surface area contributed by atoms with Gasteiger partial charge in [0.25, 0.3) is 0 Å². The van der Waals surface area contributed by atoms with Crippen molar-refractivity contribution >= 4 is 59.3 Å². The monoisotopic (exact) mass is 716 g/mol. The summed E-state index contributed by atoms with van der Waals surface area (Å²) in [5.41, 5.74) is 10.7. The van der Waals surface area contributed by atoms with Crippen LogP contribution in [-0.2, 0) is 47.9 Å². The number of aliphatic hydroxyl groups is 1. The van der Waals surface area contributed by atoms with Gasteiger partial charge >= 0.3 is 17.9 Å².